The van der Waals surface area contributed by atoms with Gasteiger partial charge < -0.3 is 18.9 Å². The van der Waals surface area contributed by atoms with Crippen molar-refractivity contribution >= 4 is 122 Å². The van der Waals surface area contributed by atoms with Crippen molar-refractivity contribution in [2.45, 2.75) is 248 Å². The maximum atomic E-state index is 14.0. The summed E-state index contributed by atoms with van der Waals surface area (Å²) in [7, 11) is -14.8. The smallest absolute Gasteiger partial charge is 0.264 e. The topological polar surface area (TPSA) is 258 Å². The maximum Gasteiger partial charge on any atom is 0.264 e. The number of halogens is 1. The summed E-state index contributed by atoms with van der Waals surface area (Å²) in [5, 5.41) is 21.8. The summed E-state index contributed by atoms with van der Waals surface area (Å²) in [6.45, 7) is 25.4. The lowest BCUT2D eigenvalue weighted by Crippen LogP contribution is -2.38. The summed E-state index contributed by atoms with van der Waals surface area (Å²) in [6.07, 6.45) is 26.4. The van der Waals surface area contributed by atoms with Gasteiger partial charge in [-0.15, -0.1) is 0 Å². The van der Waals surface area contributed by atoms with Crippen LogP contribution in [-0.4, -0.2) is 144 Å². The average molecular weight is 1910 g/mol. The number of benzene rings is 8. The lowest BCUT2D eigenvalue weighted by Gasteiger charge is -2.31. The molecule has 0 N–H and O–H groups in total. The quantitative estimate of drug-likeness (QED) is 0.0405. The third-order valence-electron chi connectivity index (χ3n) is 26.5. The Bertz CT molecular complexity index is 6230. The SMILES string of the molecule is CCc1ccc(N(C2CC2)S(=O)(=O)c2ccc3c(cnn3CC3CCOCC3)c2)cc1.CCc1ccc(N(CC(C)C)S(=O)(=O)c2ccc3c(Br)nn(C4CCCCO4)c3c2)cc1.CCc1ccc(N(CC2CCCCC2)S(=O)(=O)c2ccc3c(cnn3CC3CCOCC3)c2)cc1.CCc1ccc(N([C@H](C)CC)S(=O)(=O)c2ccc3c(cnn3CC3CCOCC3)c2)cc1. The van der Waals surface area contributed by atoms with Crippen LogP contribution >= 0.6 is 15.9 Å². The number of sulfonamides is 4. The minimum Gasteiger partial charge on any atom is -0.381 e. The van der Waals surface area contributed by atoms with E-state index in [0.717, 1.165) is 230 Å². The van der Waals surface area contributed by atoms with E-state index >= 15 is 0 Å². The second kappa shape index (κ2) is 43.3. The summed E-state index contributed by atoms with van der Waals surface area (Å²) in [4.78, 5) is 1.23. The zero-order valence-electron chi connectivity index (χ0n) is 76.6. The monoisotopic (exact) mass is 1910 g/mol. The Morgan fingerprint density at radius 2 is 0.785 bits per heavy atom. The van der Waals surface area contributed by atoms with Gasteiger partial charge in [0, 0.05) is 113 Å². The van der Waals surface area contributed by atoms with Crippen LogP contribution in [0.1, 0.15) is 193 Å². The average Bonchev–Trinajstić information content (AvgIpc) is 1.70. The second-order valence-corrected chi connectivity index (χ2v) is 44.3. The molecule has 8 aromatic carbocycles. The predicted molar refractivity (Wildman–Crippen MR) is 522 cm³/mol. The molecule has 6 aliphatic rings. The number of aryl methyl sites for hydroxylation is 4. The third kappa shape index (κ3) is 22.5. The van der Waals surface area contributed by atoms with E-state index in [9.17, 15) is 33.7 Å². The standard InChI is InChI=1S/C28H37N3O3S.C25H33N3O3S.C24H30BrN3O3S.C24H29N3O3S/c1-2-22-8-10-26(11-9-22)31(21-23-6-4-3-5-7-23)35(32,33)27-12-13-28-25(18-27)19-29-30(28)20-24-14-16-34-17-15-24;1-4-19(3)28(23-8-6-20(5-2)7-9-23)32(29,30)24-10-11-25-22(16-24)17-26-27(25)18-21-12-14-31-15-13-21;1-4-18-8-10-19(11-9-18)27(16-17(2)3)32(29,30)20-12-13-21-22(15-20)28(26-24(21)25)23-7-5-6-14-31-23;1-2-18-3-5-21(6-4-18)27(22-7-8-22)31(28,29)23-9-10-24-20(15-23)16-25-26(24)17-19-11-13-30-14-12-19/h8-13,18-19,23-24H,2-7,14-17,20-21H2,1H3;6-11,16-17,19,21H,4-5,12-15,18H2,1-3H3;8-13,15,17,23H,4-7,14,16H2,1-3H3;3-6,9-10,15-16,19,22H,2,7-8,11-14,17H2,1H3/t;19-;;/m.1../s1. The van der Waals surface area contributed by atoms with E-state index in [0.29, 0.717) is 74.0 Å². The van der Waals surface area contributed by atoms with Crippen LogP contribution in [0.3, 0.4) is 0 Å². The minimum atomic E-state index is -3.76. The van der Waals surface area contributed by atoms with Gasteiger partial charge in [0.15, 0.2) is 6.23 Å². The first-order chi connectivity index (χ1) is 62.8. The zero-order chi connectivity index (χ0) is 91.3. The van der Waals surface area contributed by atoms with E-state index in [4.69, 9.17) is 18.9 Å². The highest BCUT2D eigenvalue weighted by molar-refractivity contribution is 9.10. The second-order valence-electron chi connectivity index (χ2n) is 36.2. The lowest BCUT2D eigenvalue weighted by atomic mass is 9.89. The van der Waals surface area contributed by atoms with Gasteiger partial charge in [-0.05, 0) is 312 Å². The highest BCUT2D eigenvalue weighted by Crippen LogP contribution is 2.41. The first-order valence-electron chi connectivity index (χ1n) is 47.2. The van der Waals surface area contributed by atoms with E-state index in [2.05, 4.69) is 64.0 Å². The van der Waals surface area contributed by atoms with Gasteiger partial charge in [-0.1, -0.05) is 116 Å². The van der Waals surface area contributed by atoms with Crippen molar-refractivity contribution in [1.29, 1.82) is 0 Å². The largest absolute Gasteiger partial charge is 0.381 e. The number of anilines is 4. The normalized spacial score (nSPS) is 17.4. The molecule has 29 heteroatoms. The molecule has 6 fully saturated rings. The summed E-state index contributed by atoms with van der Waals surface area (Å²) in [5.74, 6) is 2.22. The van der Waals surface area contributed by atoms with E-state index in [-0.39, 0.29) is 29.1 Å². The van der Waals surface area contributed by atoms with Gasteiger partial charge in [0.2, 0.25) is 0 Å². The van der Waals surface area contributed by atoms with Crippen molar-refractivity contribution in [3.8, 4) is 0 Å². The molecule has 8 heterocycles. The molecule has 0 bridgehead atoms. The molecular weight excluding hydrogens is 1780 g/mol. The highest BCUT2D eigenvalue weighted by Gasteiger charge is 2.40. The molecule has 2 atom stereocenters. The Hall–Kier alpha value is -9.04. The molecule has 4 saturated heterocycles. The van der Waals surface area contributed by atoms with Gasteiger partial charge in [-0.2, -0.15) is 20.4 Å². The Kier molecular flexibility index (Phi) is 31.8. The number of ether oxygens (including phenoxy) is 4. The van der Waals surface area contributed by atoms with Crippen LogP contribution in [0, 0.1) is 29.6 Å². The molecule has 4 aliphatic heterocycles. The fourth-order valence-electron chi connectivity index (χ4n) is 18.3. The van der Waals surface area contributed by atoms with Crippen molar-refractivity contribution in [2.75, 3.05) is 76.6 Å². The van der Waals surface area contributed by atoms with E-state index in [1.165, 1.54) is 45.8 Å². The molecule has 12 aromatic rings. The number of aromatic nitrogens is 8. The Balaban J connectivity index is 0.000000133. The number of rotatable bonds is 30. The van der Waals surface area contributed by atoms with Crippen LogP contribution in [-0.2, 0) is 104 Å². The van der Waals surface area contributed by atoms with Crippen LogP contribution < -0.4 is 17.2 Å². The lowest BCUT2D eigenvalue weighted by molar-refractivity contribution is -0.0368. The summed E-state index contributed by atoms with van der Waals surface area (Å²) in [5.41, 5.74) is 11.4. The predicted octanol–water partition coefficient (Wildman–Crippen LogP) is 21.1. The number of hydrogen-bond acceptors (Lipinski definition) is 16. The molecule has 0 radical (unpaired) electrons. The van der Waals surface area contributed by atoms with Crippen LogP contribution in [0.15, 0.2) is 213 Å². The molecule has 696 valence electrons. The summed E-state index contributed by atoms with van der Waals surface area (Å²) >= 11 is 3.52. The van der Waals surface area contributed by atoms with Crippen molar-refractivity contribution in [3.05, 3.63) is 215 Å². The van der Waals surface area contributed by atoms with Gasteiger partial charge in [0.05, 0.1) is 83.0 Å². The molecule has 1 unspecified atom stereocenters. The highest BCUT2D eigenvalue weighted by atomic mass is 79.9. The molecule has 24 nitrogen and oxygen atoms in total. The molecular formula is C101H129BrN12O12S4. The summed E-state index contributed by atoms with van der Waals surface area (Å²) in [6, 6.07) is 52.9. The van der Waals surface area contributed by atoms with Crippen molar-refractivity contribution in [1.82, 2.24) is 39.1 Å². The number of fused-ring (bicyclic) bond motifs is 4. The fraction of sp³-hybridized carbons (Fsp3) is 0.485. The van der Waals surface area contributed by atoms with Crippen molar-refractivity contribution in [3.63, 3.8) is 0 Å². The minimum absolute atomic E-state index is 0.0458. The Morgan fingerprint density at radius 1 is 0.392 bits per heavy atom. The molecule has 2 aliphatic carbocycles. The van der Waals surface area contributed by atoms with Crippen LogP contribution in [0.5, 0.6) is 0 Å². The molecule has 130 heavy (non-hydrogen) atoms. The molecule has 0 amide bonds. The molecule has 0 spiro atoms. The van der Waals surface area contributed by atoms with Crippen molar-refractivity contribution in [2.24, 2.45) is 29.6 Å². The number of hydrogen-bond donors (Lipinski definition) is 0. The van der Waals surface area contributed by atoms with Gasteiger partial charge in [-0.3, -0.25) is 31.3 Å². The van der Waals surface area contributed by atoms with Crippen LogP contribution in [0.4, 0.5) is 22.7 Å². The Morgan fingerprint density at radius 3 is 1.20 bits per heavy atom. The first kappa shape index (κ1) is 95.6. The fourth-order valence-corrected chi connectivity index (χ4v) is 25.6. The number of nitrogens with zero attached hydrogens (tertiary/aromatic N) is 12. The molecule has 4 aromatic heterocycles. The van der Waals surface area contributed by atoms with Crippen molar-refractivity contribution < 1.29 is 52.6 Å². The van der Waals surface area contributed by atoms with Gasteiger partial charge in [0.25, 0.3) is 40.1 Å². The Labute approximate surface area is 777 Å². The molecule has 2 saturated carbocycles. The first-order valence-corrected chi connectivity index (χ1v) is 53.8. The summed E-state index contributed by atoms with van der Waals surface area (Å²) < 4.78 is 148. The van der Waals surface area contributed by atoms with Gasteiger partial charge in [0.1, 0.15) is 4.60 Å². The maximum absolute atomic E-state index is 14.0. The van der Waals surface area contributed by atoms with Gasteiger partial charge in [-0.25, -0.2) is 38.4 Å². The van der Waals surface area contributed by atoms with E-state index in [1.54, 1.807) is 80.0 Å². The van der Waals surface area contributed by atoms with E-state index < -0.39 is 40.1 Å². The third-order valence-corrected chi connectivity index (χ3v) is 34.5. The van der Waals surface area contributed by atoms with E-state index in [1.807, 2.05) is 168 Å². The molecule has 18 rings (SSSR count). The van der Waals surface area contributed by atoms with Gasteiger partial charge >= 0.3 is 0 Å². The van der Waals surface area contributed by atoms with Crippen LogP contribution in [0.25, 0.3) is 43.6 Å². The zero-order valence-corrected chi connectivity index (χ0v) is 81.5. The van der Waals surface area contributed by atoms with Crippen LogP contribution in [0.2, 0.25) is 0 Å².